The number of fused-ring (bicyclic) bond motifs is 1. The first-order valence-corrected chi connectivity index (χ1v) is 7.20. The van der Waals surface area contributed by atoms with Gasteiger partial charge in [0.25, 0.3) is 0 Å². The molecule has 0 atom stereocenters. The number of anilines is 1. The third-order valence-electron chi connectivity index (χ3n) is 3.22. The molecule has 3 nitrogen and oxygen atoms in total. The van der Waals surface area contributed by atoms with Gasteiger partial charge in [-0.15, -0.1) is 0 Å². The van der Waals surface area contributed by atoms with Crippen molar-refractivity contribution in [3.05, 3.63) is 64.7 Å². The van der Waals surface area contributed by atoms with E-state index in [0.29, 0.717) is 0 Å². The average Bonchev–Trinajstić information content (AvgIpc) is 2.48. The molecule has 0 fully saturated rings. The van der Waals surface area contributed by atoms with E-state index in [1.807, 2.05) is 31.6 Å². The van der Waals surface area contributed by atoms with Gasteiger partial charge in [0.05, 0.1) is 11.9 Å². The van der Waals surface area contributed by atoms with Crippen molar-refractivity contribution >= 4 is 32.4 Å². The van der Waals surface area contributed by atoms with Gasteiger partial charge < -0.3 is 5.32 Å². The van der Waals surface area contributed by atoms with Gasteiger partial charge in [-0.05, 0) is 57.6 Å². The maximum absolute atomic E-state index is 4.29. The summed E-state index contributed by atoms with van der Waals surface area (Å²) in [5, 5.41) is 5.77. The molecule has 0 radical (unpaired) electrons. The molecular weight excluding hydrogens is 314 g/mol. The molecule has 0 aliphatic heterocycles. The summed E-state index contributed by atoms with van der Waals surface area (Å²) in [6, 6.07) is 10.5. The van der Waals surface area contributed by atoms with Crippen LogP contribution in [-0.4, -0.2) is 9.97 Å². The van der Waals surface area contributed by atoms with E-state index in [-0.39, 0.29) is 0 Å². The van der Waals surface area contributed by atoms with Gasteiger partial charge in [0.2, 0.25) is 0 Å². The minimum Gasteiger partial charge on any atom is -0.380 e. The molecule has 100 valence electrons. The average molecular weight is 328 g/mol. The van der Waals surface area contributed by atoms with Crippen molar-refractivity contribution in [1.82, 2.24) is 9.97 Å². The predicted octanol–water partition coefficient (Wildman–Crippen LogP) is 4.31. The number of pyridine rings is 2. The van der Waals surface area contributed by atoms with Crippen molar-refractivity contribution in [3.8, 4) is 0 Å². The molecule has 0 aliphatic carbocycles. The van der Waals surface area contributed by atoms with Crippen LogP contribution in [0.25, 0.3) is 10.8 Å². The van der Waals surface area contributed by atoms with Crippen LogP contribution < -0.4 is 5.32 Å². The molecule has 1 N–H and O–H groups in total. The van der Waals surface area contributed by atoms with Gasteiger partial charge in [0, 0.05) is 24.3 Å². The lowest BCUT2D eigenvalue weighted by Gasteiger charge is -2.08. The number of aryl methyl sites for hydroxylation is 1. The minimum absolute atomic E-state index is 0.779. The molecule has 3 aromatic rings. The summed E-state index contributed by atoms with van der Waals surface area (Å²) in [7, 11) is 0. The van der Waals surface area contributed by atoms with Crippen LogP contribution in [-0.2, 0) is 6.54 Å². The fourth-order valence-corrected chi connectivity index (χ4v) is 2.32. The highest BCUT2D eigenvalue weighted by molar-refractivity contribution is 9.10. The molecule has 0 saturated heterocycles. The molecular formula is C16H14BrN3. The molecule has 2 heterocycles. The van der Waals surface area contributed by atoms with Crippen molar-refractivity contribution < 1.29 is 0 Å². The van der Waals surface area contributed by atoms with Gasteiger partial charge in [-0.3, -0.25) is 4.98 Å². The summed E-state index contributed by atoms with van der Waals surface area (Å²) in [5.41, 5.74) is 3.39. The number of nitrogens with zero attached hydrogens (tertiary/aromatic N) is 2. The lowest BCUT2D eigenvalue weighted by Crippen LogP contribution is -2.00. The number of nitrogens with one attached hydrogen (secondary N) is 1. The lowest BCUT2D eigenvalue weighted by atomic mass is 10.1. The first-order valence-electron chi connectivity index (χ1n) is 6.41. The normalized spacial score (nSPS) is 10.7. The predicted molar refractivity (Wildman–Crippen MR) is 85.7 cm³/mol. The Morgan fingerprint density at radius 2 is 2.00 bits per heavy atom. The molecule has 0 unspecified atom stereocenters. The number of benzene rings is 1. The molecule has 0 spiro atoms. The summed E-state index contributed by atoms with van der Waals surface area (Å²) >= 11 is 3.41. The first kappa shape index (κ1) is 13.1. The second-order valence-electron chi connectivity index (χ2n) is 4.74. The van der Waals surface area contributed by atoms with Crippen LogP contribution in [0.5, 0.6) is 0 Å². The highest BCUT2D eigenvalue weighted by atomic mass is 79.9. The highest BCUT2D eigenvalue weighted by Crippen LogP contribution is 2.19. The maximum atomic E-state index is 4.29. The molecule has 1 aromatic carbocycles. The number of halogens is 1. The Morgan fingerprint density at radius 3 is 2.85 bits per heavy atom. The van der Waals surface area contributed by atoms with E-state index in [9.17, 15) is 0 Å². The van der Waals surface area contributed by atoms with Gasteiger partial charge in [0.15, 0.2) is 0 Å². The van der Waals surface area contributed by atoms with E-state index in [2.05, 4.69) is 55.5 Å². The molecule has 20 heavy (non-hydrogen) atoms. The summed E-state index contributed by atoms with van der Waals surface area (Å²) in [5.74, 6) is 0. The monoisotopic (exact) mass is 327 g/mol. The quantitative estimate of drug-likeness (QED) is 0.728. The van der Waals surface area contributed by atoms with Crippen LogP contribution in [0.1, 0.15) is 11.1 Å². The number of aromatic nitrogens is 2. The van der Waals surface area contributed by atoms with Gasteiger partial charge in [-0.2, -0.15) is 0 Å². The second kappa shape index (κ2) is 5.59. The van der Waals surface area contributed by atoms with E-state index in [1.165, 1.54) is 10.9 Å². The maximum Gasteiger partial charge on any atom is 0.109 e. The summed E-state index contributed by atoms with van der Waals surface area (Å²) < 4.78 is 0.890. The van der Waals surface area contributed by atoms with Crippen molar-refractivity contribution in [1.29, 1.82) is 0 Å². The molecule has 3 rings (SSSR count). The number of rotatable bonds is 3. The second-order valence-corrected chi connectivity index (χ2v) is 5.49. The van der Waals surface area contributed by atoms with E-state index in [4.69, 9.17) is 0 Å². The smallest absolute Gasteiger partial charge is 0.109 e. The van der Waals surface area contributed by atoms with E-state index >= 15 is 0 Å². The van der Waals surface area contributed by atoms with Crippen molar-refractivity contribution in [2.24, 2.45) is 0 Å². The topological polar surface area (TPSA) is 37.8 Å². The van der Waals surface area contributed by atoms with Crippen LogP contribution in [0, 0.1) is 6.92 Å². The Hall–Kier alpha value is -1.94. The van der Waals surface area contributed by atoms with Crippen LogP contribution in [0.2, 0.25) is 0 Å². The highest BCUT2D eigenvalue weighted by Gasteiger charge is 2.00. The largest absolute Gasteiger partial charge is 0.380 e. The van der Waals surface area contributed by atoms with E-state index in [0.717, 1.165) is 27.8 Å². The molecule has 2 aromatic heterocycles. The summed E-state index contributed by atoms with van der Waals surface area (Å²) in [6.45, 7) is 2.81. The fourth-order valence-electron chi connectivity index (χ4n) is 2.10. The Labute approximate surface area is 126 Å². The fraction of sp³-hybridized carbons (Fsp3) is 0.125. The zero-order valence-corrected chi connectivity index (χ0v) is 12.7. The summed E-state index contributed by atoms with van der Waals surface area (Å²) in [6.07, 6.45) is 5.54. The Balaban J connectivity index is 1.77. The van der Waals surface area contributed by atoms with Gasteiger partial charge in [-0.1, -0.05) is 12.1 Å². The standard InChI is InChI=1S/C16H14BrN3/c1-11-6-15(10-20-16(11)17)19-8-12-2-3-14-9-18-5-4-13(14)7-12/h2-7,9-10,19H,8H2,1H3. The van der Waals surface area contributed by atoms with Gasteiger partial charge >= 0.3 is 0 Å². The Kier molecular flexibility index (Phi) is 3.65. The molecule has 0 bridgehead atoms. The third-order valence-corrected chi connectivity index (χ3v) is 4.05. The zero-order chi connectivity index (χ0) is 13.9. The van der Waals surface area contributed by atoms with E-state index < -0.39 is 0 Å². The van der Waals surface area contributed by atoms with E-state index in [1.54, 1.807) is 0 Å². The van der Waals surface area contributed by atoms with Crippen molar-refractivity contribution in [2.75, 3.05) is 5.32 Å². The van der Waals surface area contributed by atoms with Crippen LogP contribution >= 0.6 is 15.9 Å². The lowest BCUT2D eigenvalue weighted by molar-refractivity contribution is 1.12. The SMILES string of the molecule is Cc1cc(NCc2ccc3cnccc3c2)cnc1Br. The number of hydrogen-bond donors (Lipinski definition) is 1. The molecule has 0 amide bonds. The Bertz CT molecular complexity index is 756. The van der Waals surface area contributed by atoms with Crippen LogP contribution in [0.15, 0.2) is 53.5 Å². The van der Waals surface area contributed by atoms with Crippen molar-refractivity contribution in [2.45, 2.75) is 13.5 Å². The third kappa shape index (κ3) is 2.80. The zero-order valence-electron chi connectivity index (χ0n) is 11.1. The number of hydrogen-bond acceptors (Lipinski definition) is 3. The van der Waals surface area contributed by atoms with Gasteiger partial charge in [-0.25, -0.2) is 4.98 Å². The Morgan fingerprint density at radius 1 is 1.10 bits per heavy atom. The van der Waals surface area contributed by atoms with Crippen LogP contribution in [0.3, 0.4) is 0 Å². The summed E-state index contributed by atoms with van der Waals surface area (Å²) in [4.78, 5) is 8.41. The molecule has 0 saturated carbocycles. The van der Waals surface area contributed by atoms with Crippen molar-refractivity contribution in [3.63, 3.8) is 0 Å². The molecule has 4 heteroatoms. The van der Waals surface area contributed by atoms with Crippen LogP contribution in [0.4, 0.5) is 5.69 Å². The minimum atomic E-state index is 0.779. The van der Waals surface area contributed by atoms with Gasteiger partial charge in [0.1, 0.15) is 4.60 Å². The first-order chi connectivity index (χ1) is 9.72. The molecule has 0 aliphatic rings.